The largest absolute Gasteiger partial charge is 0.383 e. The minimum absolute atomic E-state index is 0.129. The van der Waals surface area contributed by atoms with Gasteiger partial charge in [0, 0.05) is 19.7 Å². The predicted molar refractivity (Wildman–Crippen MR) is 80.2 cm³/mol. The van der Waals surface area contributed by atoms with E-state index in [9.17, 15) is 8.42 Å². The zero-order chi connectivity index (χ0) is 15.0. The summed E-state index contributed by atoms with van der Waals surface area (Å²) in [6.07, 6.45) is 1.04. The molecule has 5 nitrogen and oxygen atoms in total. The van der Waals surface area contributed by atoms with Crippen LogP contribution in [0.25, 0.3) is 0 Å². The first kappa shape index (κ1) is 17.1. The number of rotatable bonds is 9. The Morgan fingerprint density at radius 1 is 1.30 bits per heavy atom. The lowest BCUT2D eigenvalue weighted by atomic mass is 10.1. The molecular weight excluding hydrogens is 276 g/mol. The average Bonchev–Trinajstić information content (AvgIpc) is 2.45. The van der Waals surface area contributed by atoms with Crippen LogP contribution in [0.2, 0.25) is 0 Å². The highest BCUT2D eigenvalue weighted by Crippen LogP contribution is 2.17. The van der Waals surface area contributed by atoms with E-state index in [4.69, 9.17) is 4.74 Å². The van der Waals surface area contributed by atoms with E-state index in [1.807, 2.05) is 13.0 Å². The number of sulfonamides is 1. The predicted octanol–water partition coefficient (Wildman–Crippen LogP) is 1.67. The molecule has 0 aromatic heterocycles. The van der Waals surface area contributed by atoms with Crippen LogP contribution < -0.4 is 10.0 Å². The van der Waals surface area contributed by atoms with Crippen LogP contribution in [0.1, 0.15) is 31.9 Å². The first-order valence-corrected chi connectivity index (χ1v) is 8.31. The van der Waals surface area contributed by atoms with Crippen LogP contribution in [0.4, 0.5) is 0 Å². The standard InChI is InChI=1S/C14H24N2O3S/c1-4-8-15-12(2)13-6-5-7-14(11-13)20(17,18)16-9-10-19-3/h5-7,11-12,15-16H,4,8-10H2,1-3H3. The molecule has 0 saturated carbocycles. The van der Waals surface area contributed by atoms with Crippen molar-refractivity contribution in [2.45, 2.75) is 31.2 Å². The third-order valence-corrected chi connectivity index (χ3v) is 4.43. The van der Waals surface area contributed by atoms with Gasteiger partial charge in [0.1, 0.15) is 0 Å². The lowest BCUT2D eigenvalue weighted by Crippen LogP contribution is -2.27. The summed E-state index contributed by atoms with van der Waals surface area (Å²) in [6, 6.07) is 7.14. The molecule has 1 rings (SSSR count). The van der Waals surface area contributed by atoms with Crippen LogP contribution in [-0.2, 0) is 14.8 Å². The fraction of sp³-hybridized carbons (Fsp3) is 0.571. The van der Waals surface area contributed by atoms with Gasteiger partial charge in [-0.3, -0.25) is 0 Å². The quantitative estimate of drug-likeness (QED) is 0.681. The summed E-state index contributed by atoms with van der Waals surface area (Å²) in [6.45, 7) is 5.66. The molecule has 1 aromatic rings. The van der Waals surface area contributed by atoms with Crippen LogP contribution in [0.5, 0.6) is 0 Å². The summed E-state index contributed by atoms with van der Waals surface area (Å²) in [7, 11) is -1.93. The summed E-state index contributed by atoms with van der Waals surface area (Å²) in [5.74, 6) is 0. The van der Waals surface area contributed by atoms with Crippen LogP contribution in [-0.4, -0.2) is 35.2 Å². The van der Waals surface area contributed by atoms with Gasteiger partial charge in [-0.1, -0.05) is 19.1 Å². The van der Waals surface area contributed by atoms with Crippen LogP contribution in [0.15, 0.2) is 29.2 Å². The van der Waals surface area contributed by atoms with E-state index >= 15 is 0 Å². The van der Waals surface area contributed by atoms with Crippen molar-refractivity contribution in [1.29, 1.82) is 0 Å². The highest BCUT2D eigenvalue weighted by molar-refractivity contribution is 7.89. The van der Waals surface area contributed by atoms with Gasteiger partial charge in [-0.15, -0.1) is 0 Å². The maximum Gasteiger partial charge on any atom is 0.240 e. The van der Waals surface area contributed by atoms with E-state index in [2.05, 4.69) is 17.0 Å². The molecule has 0 bridgehead atoms. The maximum absolute atomic E-state index is 12.1. The van der Waals surface area contributed by atoms with Gasteiger partial charge in [0.15, 0.2) is 0 Å². The summed E-state index contributed by atoms with van der Waals surface area (Å²) in [5.41, 5.74) is 0.966. The molecule has 0 amide bonds. The molecule has 20 heavy (non-hydrogen) atoms. The fourth-order valence-corrected chi connectivity index (χ4v) is 2.86. The molecular formula is C14H24N2O3S. The molecule has 1 atom stereocenters. The van der Waals surface area contributed by atoms with E-state index in [0.29, 0.717) is 6.61 Å². The number of hydrogen-bond donors (Lipinski definition) is 2. The monoisotopic (exact) mass is 300 g/mol. The molecule has 0 radical (unpaired) electrons. The molecule has 0 aliphatic heterocycles. The molecule has 0 fully saturated rings. The van der Waals surface area contributed by atoms with E-state index in [-0.39, 0.29) is 17.5 Å². The van der Waals surface area contributed by atoms with E-state index in [1.54, 1.807) is 18.2 Å². The van der Waals surface area contributed by atoms with Crippen molar-refractivity contribution in [2.24, 2.45) is 0 Å². The van der Waals surface area contributed by atoms with Crippen LogP contribution in [0, 0.1) is 0 Å². The second-order valence-corrected chi connectivity index (χ2v) is 6.41. The highest BCUT2D eigenvalue weighted by atomic mass is 32.2. The lowest BCUT2D eigenvalue weighted by Gasteiger charge is -2.15. The Kier molecular flexibility index (Phi) is 7.15. The lowest BCUT2D eigenvalue weighted by molar-refractivity contribution is 0.204. The summed E-state index contributed by atoms with van der Waals surface area (Å²) >= 11 is 0. The van der Waals surface area contributed by atoms with Gasteiger partial charge in [0.05, 0.1) is 11.5 Å². The van der Waals surface area contributed by atoms with E-state index in [1.165, 1.54) is 7.11 Å². The molecule has 0 saturated heterocycles. The third-order valence-electron chi connectivity index (χ3n) is 2.97. The Hall–Kier alpha value is -0.950. The SMILES string of the molecule is CCCNC(C)c1cccc(S(=O)(=O)NCCOC)c1. The van der Waals surface area contributed by atoms with Crippen molar-refractivity contribution < 1.29 is 13.2 Å². The topological polar surface area (TPSA) is 67.4 Å². The van der Waals surface area contributed by atoms with E-state index < -0.39 is 10.0 Å². The first-order valence-electron chi connectivity index (χ1n) is 6.83. The number of methoxy groups -OCH3 is 1. The maximum atomic E-state index is 12.1. The van der Waals surface area contributed by atoms with Gasteiger partial charge >= 0.3 is 0 Å². The molecule has 6 heteroatoms. The summed E-state index contributed by atoms with van der Waals surface area (Å²) < 4.78 is 31.6. The van der Waals surface area contributed by atoms with Gasteiger partial charge in [-0.2, -0.15) is 0 Å². The Morgan fingerprint density at radius 2 is 2.05 bits per heavy atom. The van der Waals surface area contributed by atoms with Crippen molar-refractivity contribution >= 4 is 10.0 Å². The Balaban J connectivity index is 2.81. The zero-order valence-corrected chi connectivity index (χ0v) is 13.2. The van der Waals surface area contributed by atoms with Gasteiger partial charge in [-0.25, -0.2) is 13.1 Å². The highest BCUT2D eigenvalue weighted by Gasteiger charge is 2.15. The van der Waals surface area contributed by atoms with E-state index in [0.717, 1.165) is 18.5 Å². The Morgan fingerprint density at radius 3 is 2.70 bits per heavy atom. The molecule has 114 valence electrons. The molecule has 0 spiro atoms. The third kappa shape index (κ3) is 5.20. The Bertz CT molecular complexity index is 503. The zero-order valence-electron chi connectivity index (χ0n) is 12.3. The van der Waals surface area contributed by atoms with Crippen molar-refractivity contribution in [3.05, 3.63) is 29.8 Å². The Labute approximate surface area is 121 Å². The fourth-order valence-electron chi connectivity index (χ4n) is 1.79. The van der Waals surface area contributed by atoms with Gasteiger partial charge in [-0.05, 0) is 37.6 Å². The normalized spacial score (nSPS) is 13.3. The number of benzene rings is 1. The van der Waals surface area contributed by atoms with Crippen molar-refractivity contribution in [2.75, 3.05) is 26.8 Å². The minimum atomic E-state index is -3.47. The molecule has 0 aliphatic rings. The van der Waals surface area contributed by atoms with Gasteiger partial charge in [0.2, 0.25) is 10.0 Å². The smallest absolute Gasteiger partial charge is 0.240 e. The molecule has 0 aliphatic carbocycles. The van der Waals surface area contributed by atoms with Crippen LogP contribution >= 0.6 is 0 Å². The summed E-state index contributed by atoms with van der Waals surface area (Å²) in [5, 5.41) is 3.34. The number of hydrogen-bond acceptors (Lipinski definition) is 4. The van der Waals surface area contributed by atoms with Crippen molar-refractivity contribution in [1.82, 2.24) is 10.0 Å². The minimum Gasteiger partial charge on any atom is -0.383 e. The molecule has 0 heterocycles. The molecule has 2 N–H and O–H groups in total. The van der Waals surface area contributed by atoms with Gasteiger partial charge in [0.25, 0.3) is 0 Å². The average molecular weight is 300 g/mol. The summed E-state index contributed by atoms with van der Waals surface area (Å²) in [4.78, 5) is 0.288. The van der Waals surface area contributed by atoms with Crippen molar-refractivity contribution in [3.8, 4) is 0 Å². The molecule has 1 aromatic carbocycles. The second-order valence-electron chi connectivity index (χ2n) is 4.64. The number of ether oxygens (including phenoxy) is 1. The second kappa shape index (κ2) is 8.36. The molecule has 1 unspecified atom stereocenters. The van der Waals surface area contributed by atoms with Crippen molar-refractivity contribution in [3.63, 3.8) is 0 Å². The van der Waals surface area contributed by atoms with Crippen LogP contribution in [0.3, 0.4) is 0 Å². The number of nitrogens with one attached hydrogen (secondary N) is 2. The van der Waals surface area contributed by atoms with Gasteiger partial charge < -0.3 is 10.1 Å². The first-order chi connectivity index (χ1) is 9.51.